The number of ether oxygens (including phenoxy) is 1. The van der Waals surface area contributed by atoms with Crippen LogP contribution in [0.2, 0.25) is 0 Å². The Hall–Kier alpha value is 0.350. The molecule has 2 N–H and O–H groups in total. The first-order valence-electron chi connectivity index (χ1n) is 4.35. The summed E-state index contributed by atoms with van der Waals surface area (Å²) < 4.78 is 5.31. The Morgan fingerprint density at radius 1 is 1.18 bits per heavy atom. The second kappa shape index (κ2) is 8.45. The molecule has 0 aliphatic carbocycles. The van der Waals surface area contributed by atoms with Gasteiger partial charge in [0.2, 0.25) is 0 Å². The lowest BCUT2D eigenvalue weighted by molar-refractivity contribution is 0.157. The van der Waals surface area contributed by atoms with E-state index in [9.17, 15) is 0 Å². The first kappa shape index (κ1) is 11.4. The van der Waals surface area contributed by atoms with Gasteiger partial charge in [-0.15, -0.1) is 7.92 Å². The van der Waals surface area contributed by atoms with Crippen LogP contribution in [-0.2, 0) is 4.74 Å². The summed E-state index contributed by atoms with van der Waals surface area (Å²) in [4.78, 5) is 0. The fourth-order valence-corrected chi connectivity index (χ4v) is 2.39. The van der Waals surface area contributed by atoms with Crippen molar-refractivity contribution >= 4 is 7.92 Å². The fourth-order valence-electron chi connectivity index (χ4n) is 0.919. The Labute approximate surface area is 71.2 Å². The number of hydrogen-bond donors (Lipinski definition) is 1. The van der Waals surface area contributed by atoms with Crippen LogP contribution < -0.4 is 5.73 Å². The summed E-state index contributed by atoms with van der Waals surface area (Å²) in [5.41, 5.74) is 5.29. The topological polar surface area (TPSA) is 35.2 Å². The second-order valence-corrected chi connectivity index (χ2v) is 5.48. The van der Waals surface area contributed by atoms with Crippen molar-refractivity contribution in [2.45, 2.75) is 13.8 Å². The van der Waals surface area contributed by atoms with Gasteiger partial charge in [0, 0.05) is 6.54 Å². The standard InChI is InChI=1S/C8H20NOP/c1-3-11(4-2)8-7-10-6-5-9/h3-9H2,1-2H3. The molecule has 68 valence electrons. The van der Waals surface area contributed by atoms with Crippen LogP contribution in [-0.4, -0.2) is 38.2 Å². The molecule has 0 rings (SSSR count). The van der Waals surface area contributed by atoms with Crippen LogP contribution in [0.15, 0.2) is 0 Å². The van der Waals surface area contributed by atoms with Gasteiger partial charge < -0.3 is 10.5 Å². The molecule has 0 radical (unpaired) electrons. The summed E-state index contributed by atoms with van der Waals surface area (Å²) in [6.07, 6.45) is 3.91. The summed E-state index contributed by atoms with van der Waals surface area (Å²) in [7, 11) is 0.261. The van der Waals surface area contributed by atoms with Crippen LogP contribution >= 0.6 is 7.92 Å². The molecule has 0 bridgehead atoms. The van der Waals surface area contributed by atoms with E-state index in [1.165, 1.54) is 18.5 Å². The zero-order valence-electron chi connectivity index (χ0n) is 7.68. The van der Waals surface area contributed by atoms with Crippen LogP contribution in [0.4, 0.5) is 0 Å². The second-order valence-electron chi connectivity index (χ2n) is 2.43. The SMILES string of the molecule is CCP(CC)CCOCCN. The zero-order valence-corrected chi connectivity index (χ0v) is 8.57. The lowest BCUT2D eigenvalue weighted by atomic mass is 10.7. The molecular weight excluding hydrogens is 157 g/mol. The molecular formula is C8H20NOP. The Morgan fingerprint density at radius 3 is 2.27 bits per heavy atom. The van der Waals surface area contributed by atoms with Crippen molar-refractivity contribution in [3.05, 3.63) is 0 Å². The minimum Gasteiger partial charge on any atom is -0.380 e. The van der Waals surface area contributed by atoms with Gasteiger partial charge in [0.05, 0.1) is 13.2 Å². The molecule has 0 spiro atoms. The van der Waals surface area contributed by atoms with E-state index in [-0.39, 0.29) is 7.92 Å². The van der Waals surface area contributed by atoms with Crippen molar-refractivity contribution in [1.82, 2.24) is 0 Å². The average molecular weight is 177 g/mol. The quantitative estimate of drug-likeness (QED) is 0.472. The lowest BCUT2D eigenvalue weighted by Crippen LogP contribution is -2.10. The van der Waals surface area contributed by atoms with Gasteiger partial charge in [-0.25, -0.2) is 0 Å². The largest absolute Gasteiger partial charge is 0.380 e. The highest BCUT2D eigenvalue weighted by Crippen LogP contribution is 2.33. The Balaban J connectivity index is 3.07. The lowest BCUT2D eigenvalue weighted by Gasteiger charge is -2.12. The first-order valence-corrected chi connectivity index (χ1v) is 6.25. The minimum atomic E-state index is 0.261. The van der Waals surface area contributed by atoms with Crippen LogP contribution in [0.25, 0.3) is 0 Å². The summed E-state index contributed by atoms with van der Waals surface area (Å²) in [6, 6.07) is 0. The molecule has 0 saturated carbocycles. The highest BCUT2D eigenvalue weighted by atomic mass is 31.1. The molecule has 0 atom stereocenters. The predicted molar refractivity (Wildman–Crippen MR) is 52.7 cm³/mol. The van der Waals surface area contributed by atoms with Gasteiger partial charge in [-0.1, -0.05) is 13.8 Å². The maximum Gasteiger partial charge on any atom is 0.0588 e. The van der Waals surface area contributed by atoms with Crippen molar-refractivity contribution in [3.63, 3.8) is 0 Å². The number of rotatable bonds is 7. The summed E-state index contributed by atoms with van der Waals surface area (Å²) in [5.74, 6) is 0. The van der Waals surface area contributed by atoms with Gasteiger partial charge in [0.1, 0.15) is 0 Å². The molecule has 0 aromatic carbocycles. The predicted octanol–water partition coefficient (Wildman–Crippen LogP) is 1.48. The van der Waals surface area contributed by atoms with Crippen molar-refractivity contribution in [1.29, 1.82) is 0 Å². The van der Waals surface area contributed by atoms with Crippen LogP contribution in [0.1, 0.15) is 13.8 Å². The van der Waals surface area contributed by atoms with Crippen LogP contribution in [0.3, 0.4) is 0 Å². The summed E-state index contributed by atoms with van der Waals surface area (Å²) >= 11 is 0. The fraction of sp³-hybridized carbons (Fsp3) is 1.00. The molecule has 3 heteroatoms. The smallest absolute Gasteiger partial charge is 0.0588 e. The van der Waals surface area contributed by atoms with Gasteiger partial charge in [-0.3, -0.25) is 0 Å². The van der Waals surface area contributed by atoms with E-state index in [1.807, 2.05) is 0 Å². The molecule has 0 aromatic heterocycles. The molecule has 0 amide bonds. The van der Waals surface area contributed by atoms with E-state index < -0.39 is 0 Å². The molecule has 2 nitrogen and oxygen atoms in total. The molecule has 0 aliphatic rings. The van der Waals surface area contributed by atoms with Crippen LogP contribution in [0.5, 0.6) is 0 Å². The Bertz CT molecular complexity index is 76.5. The molecule has 0 saturated heterocycles. The van der Waals surface area contributed by atoms with Crippen molar-refractivity contribution in [3.8, 4) is 0 Å². The van der Waals surface area contributed by atoms with E-state index in [4.69, 9.17) is 10.5 Å². The maximum atomic E-state index is 5.31. The highest BCUT2D eigenvalue weighted by molar-refractivity contribution is 7.57. The molecule has 0 heterocycles. The van der Waals surface area contributed by atoms with E-state index in [0.717, 1.165) is 13.2 Å². The third-order valence-electron chi connectivity index (χ3n) is 1.71. The summed E-state index contributed by atoms with van der Waals surface area (Å²) in [5, 5.41) is 0. The Kier molecular flexibility index (Phi) is 8.72. The molecule has 0 fully saturated rings. The average Bonchev–Trinajstić information content (AvgIpc) is 2.05. The monoisotopic (exact) mass is 177 g/mol. The van der Waals surface area contributed by atoms with Gasteiger partial charge >= 0.3 is 0 Å². The molecule has 11 heavy (non-hydrogen) atoms. The third kappa shape index (κ3) is 6.74. The summed E-state index contributed by atoms with van der Waals surface area (Å²) in [6.45, 7) is 6.80. The van der Waals surface area contributed by atoms with E-state index in [1.54, 1.807) is 0 Å². The number of hydrogen-bond acceptors (Lipinski definition) is 2. The van der Waals surface area contributed by atoms with Crippen LogP contribution in [0, 0.1) is 0 Å². The van der Waals surface area contributed by atoms with E-state index in [2.05, 4.69) is 13.8 Å². The van der Waals surface area contributed by atoms with Crippen molar-refractivity contribution in [2.75, 3.05) is 38.2 Å². The van der Waals surface area contributed by atoms with Gasteiger partial charge in [-0.05, 0) is 18.5 Å². The minimum absolute atomic E-state index is 0.261. The third-order valence-corrected chi connectivity index (χ3v) is 4.31. The van der Waals surface area contributed by atoms with E-state index in [0.29, 0.717) is 6.54 Å². The van der Waals surface area contributed by atoms with Crippen molar-refractivity contribution < 1.29 is 4.74 Å². The number of nitrogens with two attached hydrogens (primary N) is 1. The van der Waals surface area contributed by atoms with Crippen molar-refractivity contribution in [2.24, 2.45) is 5.73 Å². The molecule has 0 aromatic rings. The highest BCUT2D eigenvalue weighted by Gasteiger charge is 2.00. The molecule has 0 unspecified atom stereocenters. The Morgan fingerprint density at radius 2 is 1.82 bits per heavy atom. The van der Waals surface area contributed by atoms with E-state index >= 15 is 0 Å². The van der Waals surface area contributed by atoms with Gasteiger partial charge in [0.25, 0.3) is 0 Å². The first-order chi connectivity index (χ1) is 5.35. The van der Waals surface area contributed by atoms with Gasteiger partial charge in [-0.2, -0.15) is 0 Å². The molecule has 0 aliphatic heterocycles. The maximum absolute atomic E-state index is 5.31. The zero-order chi connectivity index (χ0) is 8.53. The van der Waals surface area contributed by atoms with Gasteiger partial charge in [0.15, 0.2) is 0 Å². The normalized spacial score (nSPS) is 10.9.